The lowest BCUT2D eigenvalue weighted by Crippen LogP contribution is -2.32. The lowest BCUT2D eigenvalue weighted by Gasteiger charge is -2.40. The molecule has 1 spiro atoms. The molecule has 1 aliphatic carbocycles. The third-order valence-electron chi connectivity index (χ3n) is 13.4. The van der Waals surface area contributed by atoms with E-state index in [4.69, 9.17) is 24.7 Å². The second-order valence-corrected chi connectivity index (χ2v) is 17.9. The van der Waals surface area contributed by atoms with Crippen LogP contribution in [-0.4, -0.2) is 19.9 Å². The maximum atomic E-state index is 7.25. The Labute approximate surface area is 378 Å². The van der Waals surface area contributed by atoms with Gasteiger partial charge in [0.2, 0.25) is 0 Å². The van der Waals surface area contributed by atoms with Crippen molar-refractivity contribution in [2.75, 3.05) is 0 Å². The topological polar surface area (TPSA) is 60.8 Å². The van der Waals surface area contributed by atoms with Gasteiger partial charge >= 0.3 is 0 Å². The average Bonchev–Trinajstić information content (AvgIpc) is 3.90. The van der Waals surface area contributed by atoms with Gasteiger partial charge in [-0.25, -0.2) is 19.9 Å². The zero-order chi connectivity index (χ0) is 42.6. The summed E-state index contributed by atoms with van der Waals surface area (Å²) in [6.07, 6.45) is 0. The molecule has 0 saturated carbocycles. The number of aromatic nitrogens is 4. The van der Waals surface area contributed by atoms with Crippen molar-refractivity contribution in [2.45, 2.75) is 5.41 Å². The standard InChI is InChI=1S/C59H34N4OS/c1-3-16-35(17-4-1)53-43-32-33-48-54(64-50-28-13-12-27-47(50)59(48)45-25-10-7-20-38(45)39-21-8-11-26-46(39)59)52(43)42-31-30-37(34-49(42)60-53)57-61-56(36-18-5-2-6-19-36)62-58(63-57)44-24-15-23-41-40-22-9-14-29-51(40)65-55(41)44/h1-34H. The van der Waals surface area contributed by atoms with E-state index in [0.29, 0.717) is 17.5 Å². The van der Waals surface area contributed by atoms with E-state index in [1.54, 1.807) is 11.3 Å². The highest BCUT2D eigenvalue weighted by molar-refractivity contribution is 7.26. The number of nitrogens with zero attached hydrogens (tertiary/aromatic N) is 4. The van der Waals surface area contributed by atoms with Gasteiger partial charge in [0.15, 0.2) is 17.5 Å². The van der Waals surface area contributed by atoms with Crippen LogP contribution < -0.4 is 4.74 Å². The molecule has 0 radical (unpaired) electrons. The maximum Gasteiger partial charge on any atom is 0.165 e. The fraction of sp³-hybridized carbons (Fsp3) is 0.0169. The number of benzene rings is 9. The summed E-state index contributed by atoms with van der Waals surface area (Å²) in [7, 11) is 0. The normalized spacial score (nSPS) is 13.2. The van der Waals surface area contributed by atoms with E-state index < -0.39 is 5.41 Å². The highest BCUT2D eigenvalue weighted by Crippen LogP contribution is 2.63. The van der Waals surface area contributed by atoms with Gasteiger partial charge in [-0.15, -0.1) is 11.3 Å². The highest BCUT2D eigenvalue weighted by Gasteiger charge is 2.51. The van der Waals surface area contributed by atoms with Crippen LogP contribution in [0.3, 0.4) is 0 Å². The highest BCUT2D eigenvalue weighted by atomic mass is 32.1. The first-order valence-corrected chi connectivity index (χ1v) is 22.7. The third-order valence-corrected chi connectivity index (χ3v) is 14.6. The largest absolute Gasteiger partial charge is 0.456 e. The summed E-state index contributed by atoms with van der Waals surface area (Å²) in [6, 6.07) is 72.9. The third kappa shape index (κ3) is 5.20. The van der Waals surface area contributed by atoms with E-state index in [-0.39, 0.29) is 0 Å². The molecule has 12 aromatic rings. The number of hydrogen-bond acceptors (Lipinski definition) is 6. The molecule has 0 unspecified atom stereocenters. The van der Waals surface area contributed by atoms with Crippen molar-refractivity contribution in [1.29, 1.82) is 0 Å². The van der Waals surface area contributed by atoms with E-state index in [1.807, 2.05) is 24.3 Å². The lowest BCUT2D eigenvalue weighted by molar-refractivity contribution is 0.442. The van der Waals surface area contributed by atoms with Gasteiger partial charge in [0.25, 0.3) is 0 Å². The molecule has 0 N–H and O–H groups in total. The van der Waals surface area contributed by atoms with Crippen molar-refractivity contribution >= 4 is 53.2 Å². The Balaban J connectivity index is 1.04. The summed E-state index contributed by atoms with van der Waals surface area (Å²) in [5.74, 6) is 3.52. The summed E-state index contributed by atoms with van der Waals surface area (Å²) >= 11 is 1.77. The first-order valence-electron chi connectivity index (χ1n) is 21.9. The maximum absolute atomic E-state index is 7.25. The number of para-hydroxylation sites is 1. The van der Waals surface area contributed by atoms with Gasteiger partial charge in [-0.1, -0.05) is 182 Å². The molecule has 0 atom stereocenters. The van der Waals surface area contributed by atoms with Crippen LogP contribution in [0.5, 0.6) is 11.5 Å². The van der Waals surface area contributed by atoms with Crippen molar-refractivity contribution in [3.8, 4) is 68.0 Å². The van der Waals surface area contributed by atoms with Gasteiger partial charge < -0.3 is 4.74 Å². The van der Waals surface area contributed by atoms with Crippen LogP contribution in [0, 0.1) is 0 Å². The predicted molar refractivity (Wildman–Crippen MR) is 265 cm³/mol. The number of fused-ring (bicyclic) bond motifs is 16. The molecular weight excluding hydrogens is 813 g/mol. The molecule has 0 bridgehead atoms. The zero-order valence-electron chi connectivity index (χ0n) is 34.7. The van der Waals surface area contributed by atoms with E-state index in [0.717, 1.165) is 76.9 Å². The molecule has 9 aromatic carbocycles. The zero-order valence-corrected chi connectivity index (χ0v) is 35.6. The lowest BCUT2D eigenvalue weighted by atomic mass is 9.65. The Morgan fingerprint density at radius 2 is 0.985 bits per heavy atom. The molecule has 4 heterocycles. The molecule has 65 heavy (non-hydrogen) atoms. The summed E-state index contributed by atoms with van der Waals surface area (Å²) in [6.45, 7) is 0. The number of rotatable bonds is 4. The van der Waals surface area contributed by atoms with Crippen molar-refractivity contribution in [1.82, 2.24) is 19.9 Å². The number of ether oxygens (including phenoxy) is 1. The second-order valence-electron chi connectivity index (χ2n) is 16.8. The Morgan fingerprint density at radius 3 is 1.77 bits per heavy atom. The Morgan fingerprint density at radius 1 is 0.385 bits per heavy atom. The first kappa shape index (κ1) is 36.2. The smallest absolute Gasteiger partial charge is 0.165 e. The monoisotopic (exact) mass is 846 g/mol. The van der Waals surface area contributed by atoms with Gasteiger partial charge in [-0.3, -0.25) is 0 Å². The molecule has 302 valence electrons. The average molecular weight is 847 g/mol. The predicted octanol–water partition coefficient (Wildman–Crippen LogP) is 15.1. The van der Waals surface area contributed by atoms with E-state index in [9.17, 15) is 0 Å². The van der Waals surface area contributed by atoms with Crippen LogP contribution in [0.15, 0.2) is 206 Å². The summed E-state index contributed by atoms with van der Waals surface area (Å²) in [5.41, 5.74) is 12.1. The van der Waals surface area contributed by atoms with Crippen LogP contribution in [0.1, 0.15) is 22.3 Å². The van der Waals surface area contributed by atoms with Gasteiger partial charge in [0, 0.05) is 69.7 Å². The molecule has 6 heteroatoms. The minimum absolute atomic E-state index is 0.579. The van der Waals surface area contributed by atoms with Gasteiger partial charge in [0.05, 0.1) is 16.6 Å². The minimum Gasteiger partial charge on any atom is -0.456 e. The van der Waals surface area contributed by atoms with E-state index in [2.05, 4.69) is 182 Å². The van der Waals surface area contributed by atoms with Crippen molar-refractivity contribution in [3.05, 3.63) is 229 Å². The Bertz CT molecular complexity index is 3890. The van der Waals surface area contributed by atoms with Gasteiger partial charge in [-0.2, -0.15) is 0 Å². The summed E-state index contributed by atoms with van der Waals surface area (Å²) < 4.78 is 9.63. The number of thiophene rings is 1. The molecule has 1 aliphatic heterocycles. The first-order chi connectivity index (χ1) is 32.2. The van der Waals surface area contributed by atoms with Crippen LogP contribution in [0.4, 0.5) is 0 Å². The minimum atomic E-state index is -0.597. The molecule has 0 saturated heterocycles. The number of hydrogen-bond donors (Lipinski definition) is 0. The quantitative estimate of drug-likeness (QED) is 0.165. The number of pyridine rings is 1. The molecule has 3 aromatic heterocycles. The fourth-order valence-corrected chi connectivity index (χ4v) is 11.8. The summed E-state index contributed by atoms with van der Waals surface area (Å²) in [4.78, 5) is 21.2. The molecule has 0 amide bonds. The Hall–Kier alpha value is -8.32. The molecule has 0 fully saturated rings. The van der Waals surface area contributed by atoms with Gasteiger partial charge in [0.1, 0.15) is 11.5 Å². The van der Waals surface area contributed by atoms with Crippen molar-refractivity contribution < 1.29 is 4.74 Å². The summed E-state index contributed by atoms with van der Waals surface area (Å²) in [5, 5.41) is 5.46. The van der Waals surface area contributed by atoms with Crippen molar-refractivity contribution in [2.24, 2.45) is 0 Å². The molecule has 14 rings (SSSR count). The SMILES string of the molecule is c1ccc(-c2nc(-c3ccc4c(c3)nc(-c3ccccc3)c3ccc5c(c34)Oc3ccccc3C53c4ccccc4-c4ccccc43)nc(-c3cccc4c3sc3ccccc34)n2)cc1. The molecular formula is C59H34N4OS. The van der Waals surface area contributed by atoms with Gasteiger partial charge in [-0.05, 0) is 46.5 Å². The van der Waals surface area contributed by atoms with Crippen molar-refractivity contribution in [3.63, 3.8) is 0 Å². The fourth-order valence-electron chi connectivity index (χ4n) is 10.6. The van der Waals surface area contributed by atoms with Crippen LogP contribution in [-0.2, 0) is 5.41 Å². The second kappa shape index (κ2) is 13.8. The molecule has 5 nitrogen and oxygen atoms in total. The Kier molecular flexibility index (Phi) is 7.71. The van der Waals surface area contributed by atoms with Crippen LogP contribution in [0.25, 0.3) is 98.4 Å². The van der Waals surface area contributed by atoms with Crippen LogP contribution >= 0.6 is 11.3 Å². The van der Waals surface area contributed by atoms with Crippen LogP contribution in [0.2, 0.25) is 0 Å². The van der Waals surface area contributed by atoms with E-state index >= 15 is 0 Å². The van der Waals surface area contributed by atoms with E-state index in [1.165, 1.54) is 37.7 Å². The molecule has 2 aliphatic rings.